The number of rotatable bonds is 5. The minimum absolute atomic E-state index is 0.0901. The number of para-hydroxylation sites is 2. The van der Waals surface area contributed by atoms with Gasteiger partial charge < -0.3 is 9.64 Å². The Morgan fingerprint density at radius 3 is 2.27 bits per heavy atom. The molecule has 0 spiro atoms. The van der Waals surface area contributed by atoms with E-state index >= 15 is 0 Å². The highest BCUT2D eigenvalue weighted by molar-refractivity contribution is 5.97. The lowest BCUT2D eigenvalue weighted by atomic mass is 10.1. The first-order valence-corrected chi connectivity index (χ1v) is 11.2. The van der Waals surface area contributed by atoms with Crippen molar-refractivity contribution in [3.8, 4) is 17.6 Å². The van der Waals surface area contributed by atoms with Crippen molar-refractivity contribution in [2.75, 3.05) is 44.2 Å². The summed E-state index contributed by atoms with van der Waals surface area (Å²) in [5.41, 5.74) is 1.19. The molecule has 0 aromatic heterocycles. The van der Waals surface area contributed by atoms with Gasteiger partial charge in [0.1, 0.15) is 5.75 Å². The Morgan fingerprint density at radius 2 is 1.53 bits per heavy atom. The quantitative estimate of drug-likeness (QED) is 0.553. The molecular formula is C24H31N3O3. The van der Waals surface area contributed by atoms with Gasteiger partial charge in [-0.25, -0.2) is 0 Å². The molecule has 1 aromatic carbocycles. The monoisotopic (exact) mass is 409 g/mol. The fraction of sp³-hybridized carbons (Fsp3) is 0.583. The number of imide groups is 1. The lowest BCUT2D eigenvalue weighted by molar-refractivity contribution is -0.147. The zero-order valence-electron chi connectivity index (χ0n) is 17.6. The van der Waals surface area contributed by atoms with Gasteiger partial charge in [-0.1, -0.05) is 24.0 Å². The number of likely N-dealkylation sites (tertiary alicyclic amines) is 1. The van der Waals surface area contributed by atoms with E-state index in [2.05, 4.69) is 45.9 Å². The van der Waals surface area contributed by atoms with Crippen LogP contribution < -0.4 is 9.64 Å². The first-order chi connectivity index (χ1) is 14.7. The van der Waals surface area contributed by atoms with E-state index in [1.165, 1.54) is 23.4 Å². The van der Waals surface area contributed by atoms with Crippen LogP contribution in [-0.4, -0.2) is 67.0 Å². The molecule has 2 heterocycles. The predicted octanol–water partition coefficient (Wildman–Crippen LogP) is 2.67. The number of anilines is 1. The van der Waals surface area contributed by atoms with Crippen LogP contribution in [0.1, 0.15) is 44.9 Å². The van der Waals surface area contributed by atoms with Gasteiger partial charge in [0.25, 0.3) is 0 Å². The standard InChI is InChI=1S/C24H31N3O3/c28-23-12-7-13-24(29)27(23)15-6-5-14-25-16-18-26(19-17-25)21-10-3-4-11-22(21)30-20-8-1-2-9-20/h3-4,10-11,20H,1-2,7-9,12-19H2. The summed E-state index contributed by atoms with van der Waals surface area (Å²) >= 11 is 0. The van der Waals surface area contributed by atoms with Crippen molar-refractivity contribution in [1.82, 2.24) is 9.80 Å². The maximum atomic E-state index is 11.8. The lowest BCUT2D eigenvalue weighted by Crippen LogP contribution is -2.46. The number of carbonyl (C=O) groups is 2. The summed E-state index contributed by atoms with van der Waals surface area (Å²) in [6.07, 6.45) is 6.81. The van der Waals surface area contributed by atoms with Crippen LogP contribution in [0.25, 0.3) is 0 Å². The van der Waals surface area contributed by atoms with Crippen LogP contribution >= 0.6 is 0 Å². The van der Waals surface area contributed by atoms with Crippen LogP contribution in [0.15, 0.2) is 24.3 Å². The van der Waals surface area contributed by atoms with Crippen molar-refractivity contribution in [2.24, 2.45) is 0 Å². The second kappa shape index (κ2) is 9.99. The molecule has 4 rings (SSSR count). The van der Waals surface area contributed by atoms with Crippen molar-refractivity contribution >= 4 is 17.5 Å². The Bertz CT molecular complexity index is 798. The molecular weight excluding hydrogens is 378 g/mol. The van der Waals surface area contributed by atoms with Gasteiger partial charge in [-0.2, -0.15) is 0 Å². The third-order valence-corrected chi connectivity index (χ3v) is 6.22. The van der Waals surface area contributed by atoms with E-state index in [1.807, 2.05) is 0 Å². The molecule has 1 aromatic rings. The van der Waals surface area contributed by atoms with Crippen LogP contribution in [0.2, 0.25) is 0 Å². The van der Waals surface area contributed by atoms with Crippen LogP contribution in [0.5, 0.6) is 5.75 Å². The molecule has 0 unspecified atom stereocenters. The van der Waals surface area contributed by atoms with Crippen molar-refractivity contribution in [3.05, 3.63) is 24.3 Å². The van der Waals surface area contributed by atoms with E-state index in [0.717, 1.165) is 44.8 Å². The average Bonchev–Trinajstić information content (AvgIpc) is 3.27. The molecule has 0 atom stereocenters. The van der Waals surface area contributed by atoms with Gasteiger partial charge in [0, 0.05) is 39.0 Å². The normalized spacial score (nSPS) is 20.9. The number of piperazine rings is 1. The van der Waals surface area contributed by atoms with Crippen molar-refractivity contribution in [2.45, 2.75) is 51.0 Å². The summed E-state index contributed by atoms with van der Waals surface area (Å²) in [7, 11) is 0. The first kappa shape index (κ1) is 20.7. The summed E-state index contributed by atoms with van der Waals surface area (Å²) in [6, 6.07) is 8.39. The molecule has 2 saturated heterocycles. The number of hydrogen-bond donors (Lipinski definition) is 0. The van der Waals surface area contributed by atoms with Crippen LogP contribution in [0.3, 0.4) is 0 Å². The molecule has 1 saturated carbocycles. The van der Waals surface area contributed by atoms with Crippen LogP contribution in [0, 0.1) is 11.8 Å². The van der Waals surface area contributed by atoms with Crippen molar-refractivity contribution < 1.29 is 14.3 Å². The van der Waals surface area contributed by atoms with Crippen LogP contribution in [-0.2, 0) is 9.59 Å². The number of carbonyl (C=O) groups excluding carboxylic acids is 2. The summed E-state index contributed by atoms with van der Waals surface area (Å²) in [5.74, 6) is 6.99. The van der Waals surface area contributed by atoms with Gasteiger partial charge in [0.05, 0.1) is 24.9 Å². The summed E-state index contributed by atoms with van der Waals surface area (Å²) in [4.78, 5) is 29.7. The molecule has 2 aliphatic heterocycles. The van der Waals surface area contributed by atoms with E-state index in [1.54, 1.807) is 0 Å². The van der Waals surface area contributed by atoms with Crippen LogP contribution in [0.4, 0.5) is 5.69 Å². The Labute approximate surface area is 179 Å². The number of amides is 2. The molecule has 0 N–H and O–H groups in total. The summed E-state index contributed by atoms with van der Waals surface area (Å²) in [5, 5.41) is 0. The molecule has 6 heteroatoms. The number of benzene rings is 1. The fourth-order valence-corrected chi connectivity index (χ4v) is 4.43. The Kier molecular flexibility index (Phi) is 6.91. The first-order valence-electron chi connectivity index (χ1n) is 11.2. The highest BCUT2D eigenvalue weighted by atomic mass is 16.5. The molecule has 1 aliphatic carbocycles. The molecule has 2 amide bonds. The number of nitrogens with zero attached hydrogens (tertiary/aromatic N) is 3. The van der Waals surface area contributed by atoms with E-state index in [9.17, 15) is 9.59 Å². The highest BCUT2D eigenvalue weighted by Gasteiger charge is 2.25. The topological polar surface area (TPSA) is 53.1 Å². The largest absolute Gasteiger partial charge is 0.488 e. The minimum atomic E-state index is -0.0901. The average molecular weight is 410 g/mol. The fourth-order valence-electron chi connectivity index (χ4n) is 4.43. The van der Waals surface area contributed by atoms with E-state index in [0.29, 0.717) is 31.9 Å². The van der Waals surface area contributed by atoms with Gasteiger partial charge in [0.15, 0.2) is 0 Å². The molecule has 0 bridgehead atoms. The van der Waals surface area contributed by atoms with E-state index in [4.69, 9.17) is 4.74 Å². The molecule has 6 nitrogen and oxygen atoms in total. The van der Waals surface area contributed by atoms with Gasteiger partial charge >= 0.3 is 0 Å². The molecule has 3 fully saturated rings. The molecule has 30 heavy (non-hydrogen) atoms. The third kappa shape index (κ3) is 5.14. The highest BCUT2D eigenvalue weighted by Crippen LogP contribution is 2.32. The molecule has 160 valence electrons. The van der Waals surface area contributed by atoms with Crippen molar-refractivity contribution in [1.29, 1.82) is 0 Å². The lowest BCUT2D eigenvalue weighted by Gasteiger charge is -2.36. The molecule has 3 aliphatic rings. The smallest absolute Gasteiger partial charge is 0.230 e. The second-order valence-electron chi connectivity index (χ2n) is 8.34. The Balaban J connectivity index is 1.26. The maximum Gasteiger partial charge on any atom is 0.230 e. The van der Waals surface area contributed by atoms with Gasteiger partial charge in [-0.15, -0.1) is 0 Å². The van der Waals surface area contributed by atoms with Crippen molar-refractivity contribution in [3.63, 3.8) is 0 Å². The second-order valence-corrected chi connectivity index (χ2v) is 8.34. The Hall–Kier alpha value is -2.52. The number of piperidine rings is 1. The van der Waals surface area contributed by atoms with Gasteiger partial charge in [0.2, 0.25) is 11.8 Å². The Morgan fingerprint density at radius 1 is 0.867 bits per heavy atom. The maximum absolute atomic E-state index is 11.8. The van der Waals surface area contributed by atoms with E-state index < -0.39 is 0 Å². The zero-order chi connectivity index (χ0) is 20.8. The predicted molar refractivity (Wildman–Crippen MR) is 116 cm³/mol. The van der Waals surface area contributed by atoms with E-state index in [-0.39, 0.29) is 18.4 Å². The summed E-state index contributed by atoms with van der Waals surface area (Å²) < 4.78 is 6.30. The van der Waals surface area contributed by atoms with Gasteiger partial charge in [-0.3, -0.25) is 19.4 Å². The number of hydrogen-bond acceptors (Lipinski definition) is 5. The van der Waals surface area contributed by atoms with Gasteiger partial charge in [-0.05, 0) is 44.2 Å². The SMILES string of the molecule is O=C1CCCC(=O)N1CC#CCN1CCN(c2ccccc2OC2CCCC2)CC1. The minimum Gasteiger partial charge on any atom is -0.488 e. The number of ether oxygens (including phenoxy) is 1. The summed E-state index contributed by atoms with van der Waals surface area (Å²) in [6.45, 7) is 4.65. The third-order valence-electron chi connectivity index (χ3n) is 6.22. The molecule has 0 radical (unpaired) electrons. The zero-order valence-corrected chi connectivity index (χ0v) is 17.6.